The molecule has 1 N–H and O–H groups in total. The van der Waals surface area contributed by atoms with Crippen LogP contribution in [0.5, 0.6) is 0 Å². The molecular formula is C13H17Cl2NO. The largest absolute Gasteiger partial charge is 0.378 e. The van der Waals surface area contributed by atoms with Crippen molar-refractivity contribution in [2.45, 2.75) is 25.5 Å². The Morgan fingerprint density at radius 2 is 2.12 bits per heavy atom. The fourth-order valence-corrected chi connectivity index (χ4v) is 2.83. The van der Waals surface area contributed by atoms with Gasteiger partial charge in [-0.1, -0.05) is 29.3 Å². The van der Waals surface area contributed by atoms with Crippen LogP contribution in [0.2, 0.25) is 10.0 Å². The van der Waals surface area contributed by atoms with Gasteiger partial charge in [0.15, 0.2) is 0 Å². The van der Waals surface area contributed by atoms with Crippen LogP contribution in [0, 0.1) is 5.92 Å². The molecule has 1 aromatic rings. The van der Waals surface area contributed by atoms with E-state index >= 15 is 0 Å². The summed E-state index contributed by atoms with van der Waals surface area (Å²) in [5, 5.41) is 4.56. The summed E-state index contributed by atoms with van der Waals surface area (Å²) in [5.41, 5.74) is 1.17. The topological polar surface area (TPSA) is 21.3 Å². The van der Waals surface area contributed by atoms with Crippen molar-refractivity contribution in [1.82, 2.24) is 5.32 Å². The molecule has 17 heavy (non-hydrogen) atoms. The van der Waals surface area contributed by atoms with Gasteiger partial charge >= 0.3 is 0 Å². The second-order valence-corrected chi connectivity index (χ2v) is 5.28. The first-order chi connectivity index (χ1) is 8.13. The highest BCUT2D eigenvalue weighted by Crippen LogP contribution is 2.35. The fraction of sp³-hybridized carbons (Fsp3) is 0.538. The molecule has 3 unspecified atom stereocenters. The molecule has 2 rings (SSSR count). The summed E-state index contributed by atoms with van der Waals surface area (Å²) in [6.07, 6.45) is 1.36. The van der Waals surface area contributed by atoms with Crippen molar-refractivity contribution in [3.8, 4) is 0 Å². The second kappa shape index (κ2) is 5.57. The molecule has 1 aliphatic heterocycles. The molecule has 1 fully saturated rings. The fourth-order valence-electron chi connectivity index (χ4n) is 2.52. The molecule has 1 heterocycles. The van der Waals surface area contributed by atoms with Gasteiger partial charge in [-0.25, -0.2) is 0 Å². The molecule has 0 amide bonds. The van der Waals surface area contributed by atoms with Crippen molar-refractivity contribution < 1.29 is 4.74 Å². The lowest BCUT2D eigenvalue weighted by molar-refractivity contribution is 0.0963. The van der Waals surface area contributed by atoms with Crippen molar-refractivity contribution in [2.75, 3.05) is 13.7 Å². The summed E-state index contributed by atoms with van der Waals surface area (Å²) >= 11 is 12.0. The molecule has 0 radical (unpaired) electrons. The average molecular weight is 274 g/mol. The Balaban J connectivity index is 2.25. The third kappa shape index (κ3) is 2.76. The summed E-state index contributed by atoms with van der Waals surface area (Å²) in [6.45, 7) is 2.96. The van der Waals surface area contributed by atoms with Crippen LogP contribution < -0.4 is 5.32 Å². The number of rotatable bonds is 3. The number of ether oxygens (including phenoxy) is 1. The van der Waals surface area contributed by atoms with Crippen LogP contribution >= 0.6 is 23.2 Å². The summed E-state index contributed by atoms with van der Waals surface area (Å²) in [6, 6.07) is 6.09. The van der Waals surface area contributed by atoms with Crippen LogP contribution in [-0.4, -0.2) is 19.8 Å². The highest BCUT2D eigenvalue weighted by atomic mass is 35.5. The van der Waals surface area contributed by atoms with Gasteiger partial charge in [0.2, 0.25) is 0 Å². The summed E-state index contributed by atoms with van der Waals surface area (Å²) in [5.74, 6) is 0.484. The van der Waals surface area contributed by atoms with Crippen molar-refractivity contribution in [1.29, 1.82) is 0 Å². The van der Waals surface area contributed by atoms with Gasteiger partial charge in [-0.2, -0.15) is 0 Å². The Morgan fingerprint density at radius 1 is 1.35 bits per heavy atom. The lowest BCUT2D eigenvalue weighted by Crippen LogP contribution is -2.29. The van der Waals surface area contributed by atoms with E-state index in [0.717, 1.165) is 13.0 Å². The molecular weight excluding hydrogens is 257 g/mol. The third-order valence-corrected chi connectivity index (χ3v) is 4.22. The first-order valence-corrected chi connectivity index (χ1v) is 6.63. The predicted octanol–water partition coefficient (Wildman–Crippen LogP) is 3.68. The monoisotopic (exact) mass is 273 g/mol. The molecule has 94 valence electrons. The zero-order chi connectivity index (χ0) is 12.4. The van der Waals surface area contributed by atoms with Crippen LogP contribution in [0.15, 0.2) is 18.2 Å². The van der Waals surface area contributed by atoms with Crippen molar-refractivity contribution >= 4 is 23.2 Å². The van der Waals surface area contributed by atoms with Gasteiger partial charge in [-0.15, -0.1) is 0 Å². The smallest absolute Gasteiger partial charge is 0.0595 e. The Labute approximate surface area is 112 Å². The van der Waals surface area contributed by atoms with E-state index in [-0.39, 0.29) is 12.1 Å². The van der Waals surface area contributed by atoms with Gasteiger partial charge in [-0.05, 0) is 38.1 Å². The van der Waals surface area contributed by atoms with Crippen LogP contribution in [0.4, 0.5) is 0 Å². The minimum atomic E-state index is 0.266. The minimum Gasteiger partial charge on any atom is -0.378 e. The van der Waals surface area contributed by atoms with Crippen molar-refractivity contribution in [3.05, 3.63) is 33.8 Å². The molecule has 0 saturated carbocycles. The molecule has 2 nitrogen and oxygen atoms in total. The van der Waals surface area contributed by atoms with Gasteiger partial charge in [0.25, 0.3) is 0 Å². The summed E-state index contributed by atoms with van der Waals surface area (Å²) in [7, 11) is 1.97. The normalized spacial score (nSPS) is 26.1. The van der Waals surface area contributed by atoms with E-state index < -0.39 is 0 Å². The molecule has 1 aliphatic rings. The first-order valence-electron chi connectivity index (χ1n) is 5.87. The van der Waals surface area contributed by atoms with Gasteiger partial charge < -0.3 is 10.1 Å². The Hall–Kier alpha value is -0.280. The van der Waals surface area contributed by atoms with E-state index in [1.807, 2.05) is 25.2 Å². The lowest BCUT2D eigenvalue weighted by Gasteiger charge is -2.26. The van der Waals surface area contributed by atoms with Gasteiger partial charge in [0, 0.05) is 18.6 Å². The van der Waals surface area contributed by atoms with E-state index in [4.69, 9.17) is 27.9 Å². The molecule has 1 aromatic carbocycles. The van der Waals surface area contributed by atoms with Crippen molar-refractivity contribution in [2.24, 2.45) is 5.92 Å². The van der Waals surface area contributed by atoms with Gasteiger partial charge in [0.1, 0.15) is 0 Å². The predicted molar refractivity (Wildman–Crippen MR) is 71.8 cm³/mol. The highest BCUT2D eigenvalue weighted by molar-refractivity contribution is 6.42. The number of hydrogen-bond donors (Lipinski definition) is 1. The molecule has 1 saturated heterocycles. The quantitative estimate of drug-likeness (QED) is 0.907. The Bertz CT molecular complexity index is 397. The minimum absolute atomic E-state index is 0.266. The molecule has 0 spiro atoms. The van der Waals surface area contributed by atoms with Crippen LogP contribution in [0.25, 0.3) is 0 Å². The zero-order valence-electron chi connectivity index (χ0n) is 10.0. The van der Waals surface area contributed by atoms with E-state index in [9.17, 15) is 0 Å². The van der Waals surface area contributed by atoms with Crippen molar-refractivity contribution in [3.63, 3.8) is 0 Å². The maximum atomic E-state index is 6.07. The van der Waals surface area contributed by atoms with Crippen LogP contribution in [0.3, 0.4) is 0 Å². The van der Waals surface area contributed by atoms with Gasteiger partial charge in [-0.3, -0.25) is 0 Å². The summed E-state index contributed by atoms with van der Waals surface area (Å²) < 4.78 is 5.62. The van der Waals surface area contributed by atoms with E-state index in [1.165, 1.54) is 5.56 Å². The van der Waals surface area contributed by atoms with E-state index in [1.54, 1.807) is 0 Å². The SMILES string of the molecule is CNC(c1ccc(Cl)c(Cl)c1)C1CCOC1C. The number of halogens is 2. The Kier molecular flexibility index (Phi) is 4.31. The second-order valence-electron chi connectivity index (χ2n) is 4.47. The lowest BCUT2D eigenvalue weighted by atomic mass is 9.88. The number of nitrogens with one attached hydrogen (secondary N) is 1. The number of hydrogen-bond acceptors (Lipinski definition) is 2. The zero-order valence-corrected chi connectivity index (χ0v) is 11.6. The number of benzene rings is 1. The summed E-state index contributed by atoms with van der Waals surface area (Å²) in [4.78, 5) is 0. The molecule has 0 aliphatic carbocycles. The third-order valence-electron chi connectivity index (χ3n) is 3.48. The van der Waals surface area contributed by atoms with Crippen LogP contribution in [0.1, 0.15) is 24.9 Å². The van der Waals surface area contributed by atoms with Gasteiger partial charge in [0.05, 0.1) is 16.1 Å². The average Bonchev–Trinajstić information content (AvgIpc) is 2.71. The Morgan fingerprint density at radius 3 is 2.65 bits per heavy atom. The molecule has 3 atom stereocenters. The highest BCUT2D eigenvalue weighted by Gasteiger charge is 2.32. The maximum Gasteiger partial charge on any atom is 0.0595 e. The van der Waals surface area contributed by atoms with Crippen LogP contribution in [-0.2, 0) is 4.74 Å². The molecule has 4 heteroatoms. The first kappa shape index (κ1) is 13.2. The molecule has 0 bridgehead atoms. The van der Waals surface area contributed by atoms with E-state index in [0.29, 0.717) is 16.0 Å². The van der Waals surface area contributed by atoms with E-state index in [2.05, 4.69) is 12.2 Å². The maximum absolute atomic E-state index is 6.07. The molecule has 0 aromatic heterocycles. The standard InChI is InChI=1S/C13H17Cl2NO/c1-8-10(5-6-17-8)13(16-2)9-3-4-11(14)12(15)7-9/h3-4,7-8,10,13,16H,5-6H2,1-2H3.